The molecule has 24 heavy (non-hydrogen) atoms. The molecule has 1 atom stereocenters. The van der Waals surface area contributed by atoms with Gasteiger partial charge in [0.2, 0.25) is 0 Å². The molecule has 0 aliphatic carbocycles. The van der Waals surface area contributed by atoms with Crippen LogP contribution in [-0.4, -0.2) is 44.2 Å². The Kier molecular flexibility index (Phi) is 14.4. The zero-order valence-electron chi connectivity index (χ0n) is 17.2. The largest absolute Gasteiger partial charge is 0.462 e. The van der Waals surface area contributed by atoms with Crippen LogP contribution in [0.1, 0.15) is 97.3 Å². The van der Waals surface area contributed by atoms with Crippen LogP contribution in [0.3, 0.4) is 0 Å². The molecule has 3 nitrogen and oxygen atoms in total. The molecule has 0 aromatic carbocycles. The second kappa shape index (κ2) is 14.7. The molecule has 0 saturated carbocycles. The minimum Gasteiger partial charge on any atom is -0.462 e. The van der Waals surface area contributed by atoms with Crippen molar-refractivity contribution >= 4 is 5.97 Å². The summed E-state index contributed by atoms with van der Waals surface area (Å²) in [6, 6.07) is -0.0203. The maximum atomic E-state index is 12.1. The highest BCUT2D eigenvalue weighted by atomic mass is 16.5. The molecule has 144 valence electrons. The van der Waals surface area contributed by atoms with Crippen LogP contribution in [0.2, 0.25) is 0 Å². The van der Waals surface area contributed by atoms with E-state index in [4.69, 9.17) is 4.74 Å². The normalized spacial score (nSPS) is 13.0. The third-order valence-electron chi connectivity index (χ3n) is 4.82. The molecule has 3 heteroatoms. The van der Waals surface area contributed by atoms with E-state index < -0.39 is 0 Å². The smallest absolute Gasteiger partial charge is 0.364 e. The van der Waals surface area contributed by atoms with Crippen LogP contribution in [0, 0.1) is 0 Å². The Labute approximate surface area is 151 Å². The van der Waals surface area contributed by atoms with Crippen LogP contribution in [-0.2, 0) is 9.53 Å². The van der Waals surface area contributed by atoms with Crippen molar-refractivity contribution < 1.29 is 14.0 Å². The summed E-state index contributed by atoms with van der Waals surface area (Å²) in [5, 5.41) is 0. The molecule has 0 unspecified atom stereocenters. The number of nitrogens with zero attached hydrogens (tertiary/aromatic N) is 1. The molecule has 0 saturated heterocycles. The van der Waals surface area contributed by atoms with Crippen molar-refractivity contribution in [1.82, 2.24) is 0 Å². The van der Waals surface area contributed by atoms with Gasteiger partial charge in [0.25, 0.3) is 0 Å². The van der Waals surface area contributed by atoms with E-state index in [-0.39, 0.29) is 12.0 Å². The second-order valence-corrected chi connectivity index (χ2v) is 8.06. The van der Waals surface area contributed by atoms with Crippen LogP contribution in [0.25, 0.3) is 0 Å². The SMILES string of the molecule is CCCCCCCCCCCCCC[C@H](C(=O)OCC)[N+](C)(C)C. The zero-order valence-corrected chi connectivity index (χ0v) is 17.2. The average Bonchev–Trinajstić information content (AvgIpc) is 2.50. The van der Waals surface area contributed by atoms with Crippen molar-refractivity contribution in [3.05, 3.63) is 0 Å². The molecular formula is C21H44NO2+. The van der Waals surface area contributed by atoms with E-state index in [1.165, 1.54) is 70.6 Å². The predicted molar refractivity (Wildman–Crippen MR) is 104 cm³/mol. The molecule has 0 bridgehead atoms. The fraction of sp³-hybridized carbons (Fsp3) is 0.952. The van der Waals surface area contributed by atoms with E-state index in [9.17, 15) is 4.79 Å². The van der Waals surface area contributed by atoms with Crippen LogP contribution in [0.5, 0.6) is 0 Å². The molecule has 0 fully saturated rings. The first-order chi connectivity index (χ1) is 11.4. The quantitative estimate of drug-likeness (QED) is 0.204. The third kappa shape index (κ3) is 12.8. The molecular weight excluding hydrogens is 298 g/mol. The number of esters is 1. The van der Waals surface area contributed by atoms with Gasteiger partial charge in [-0.05, 0) is 13.3 Å². The Hall–Kier alpha value is -0.570. The summed E-state index contributed by atoms with van der Waals surface area (Å²) in [5.74, 6) is -0.0342. The Morgan fingerprint density at radius 2 is 1.17 bits per heavy atom. The summed E-state index contributed by atoms with van der Waals surface area (Å²) in [4.78, 5) is 12.1. The zero-order chi connectivity index (χ0) is 18.3. The van der Waals surface area contributed by atoms with E-state index in [1.54, 1.807) is 0 Å². The number of quaternary nitrogens is 1. The van der Waals surface area contributed by atoms with Gasteiger partial charge in [-0.25, -0.2) is 4.79 Å². The standard InChI is InChI=1S/C21H44NO2/c1-6-8-9-10-11-12-13-14-15-16-17-18-19-20(22(3,4)5)21(23)24-7-2/h20H,6-19H2,1-5H3/q+1/t20-/m1/s1. The van der Waals surface area contributed by atoms with Crippen molar-refractivity contribution in [3.63, 3.8) is 0 Å². The molecule has 0 aromatic heterocycles. The molecule has 0 aromatic rings. The maximum Gasteiger partial charge on any atom is 0.364 e. The van der Waals surface area contributed by atoms with Gasteiger partial charge in [-0.15, -0.1) is 0 Å². The highest BCUT2D eigenvalue weighted by Gasteiger charge is 2.32. The summed E-state index contributed by atoms with van der Waals surface area (Å²) in [5.41, 5.74) is 0. The van der Waals surface area contributed by atoms with Gasteiger partial charge in [-0.3, -0.25) is 0 Å². The number of unbranched alkanes of at least 4 members (excludes halogenated alkanes) is 11. The van der Waals surface area contributed by atoms with Crippen LogP contribution >= 0.6 is 0 Å². The van der Waals surface area contributed by atoms with Gasteiger partial charge < -0.3 is 9.22 Å². The number of carbonyl (C=O) groups excluding carboxylic acids is 1. The third-order valence-corrected chi connectivity index (χ3v) is 4.82. The van der Waals surface area contributed by atoms with Gasteiger partial charge in [0, 0.05) is 6.42 Å². The lowest BCUT2D eigenvalue weighted by Gasteiger charge is -2.32. The fourth-order valence-electron chi connectivity index (χ4n) is 3.24. The van der Waals surface area contributed by atoms with Crippen LogP contribution < -0.4 is 0 Å². The number of likely N-dealkylation sites (N-methyl/N-ethyl adjacent to an activating group) is 1. The summed E-state index contributed by atoms with van der Waals surface area (Å²) >= 11 is 0. The molecule has 0 N–H and O–H groups in total. The lowest BCUT2D eigenvalue weighted by molar-refractivity contribution is -0.887. The van der Waals surface area contributed by atoms with E-state index in [0.717, 1.165) is 12.8 Å². The Bertz CT molecular complexity index is 297. The first-order valence-electron chi connectivity index (χ1n) is 10.4. The first-order valence-corrected chi connectivity index (χ1v) is 10.4. The van der Waals surface area contributed by atoms with Crippen LogP contribution in [0.15, 0.2) is 0 Å². The molecule has 0 amide bonds. The topological polar surface area (TPSA) is 26.3 Å². The number of carbonyl (C=O) groups is 1. The summed E-state index contributed by atoms with van der Waals surface area (Å²) in [6.45, 7) is 4.64. The maximum absolute atomic E-state index is 12.1. The number of hydrogen-bond acceptors (Lipinski definition) is 2. The van der Waals surface area contributed by atoms with Gasteiger partial charge in [-0.2, -0.15) is 0 Å². The van der Waals surface area contributed by atoms with Crippen LogP contribution in [0.4, 0.5) is 0 Å². The van der Waals surface area contributed by atoms with Gasteiger partial charge in [-0.1, -0.05) is 77.6 Å². The van der Waals surface area contributed by atoms with Crippen molar-refractivity contribution in [2.24, 2.45) is 0 Å². The summed E-state index contributed by atoms with van der Waals surface area (Å²) in [7, 11) is 6.26. The van der Waals surface area contributed by atoms with E-state index in [2.05, 4.69) is 28.1 Å². The van der Waals surface area contributed by atoms with E-state index >= 15 is 0 Å². The Morgan fingerprint density at radius 1 is 0.750 bits per heavy atom. The minimum absolute atomic E-state index is 0.0203. The van der Waals surface area contributed by atoms with Gasteiger partial charge in [0.1, 0.15) is 0 Å². The van der Waals surface area contributed by atoms with Gasteiger partial charge in [0.15, 0.2) is 6.04 Å². The van der Waals surface area contributed by atoms with Gasteiger partial charge >= 0.3 is 5.97 Å². The first kappa shape index (κ1) is 23.4. The summed E-state index contributed by atoms with van der Waals surface area (Å²) < 4.78 is 5.90. The molecule has 0 heterocycles. The lowest BCUT2D eigenvalue weighted by Crippen LogP contribution is -2.50. The molecule has 0 spiro atoms. The molecule has 0 rings (SSSR count). The number of rotatable bonds is 16. The van der Waals surface area contributed by atoms with Crippen molar-refractivity contribution in [2.75, 3.05) is 27.7 Å². The second-order valence-electron chi connectivity index (χ2n) is 8.06. The minimum atomic E-state index is -0.0342. The van der Waals surface area contributed by atoms with Crippen molar-refractivity contribution in [2.45, 2.75) is 103 Å². The Balaban J connectivity index is 3.60. The highest BCUT2D eigenvalue weighted by Crippen LogP contribution is 2.16. The number of ether oxygens (including phenoxy) is 1. The molecule has 0 aliphatic heterocycles. The van der Waals surface area contributed by atoms with E-state index in [0.29, 0.717) is 11.1 Å². The Morgan fingerprint density at radius 3 is 1.54 bits per heavy atom. The predicted octanol–water partition coefficient (Wildman–Crippen LogP) is 5.72. The molecule has 0 radical (unpaired) electrons. The lowest BCUT2D eigenvalue weighted by atomic mass is 10.0. The fourth-order valence-corrected chi connectivity index (χ4v) is 3.24. The molecule has 0 aliphatic rings. The van der Waals surface area contributed by atoms with Crippen molar-refractivity contribution in [3.8, 4) is 0 Å². The van der Waals surface area contributed by atoms with Crippen molar-refractivity contribution in [1.29, 1.82) is 0 Å². The van der Waals surface area contributed by atoms with Gasteiger partial charge in [0.05, 0.1) is 27.7 Å². The number of hydrogen-bond donors (Lipinski definition) is 0. The van der Waals surface area contributed by atoms with E-state index in [1.807, 2.05) is 6.92 Å². The average molecular weight is 343 g/mol. The highest BCUT2D eigenvalue weighted by molar-refractivity contribution is 5.74. The monoisotopic (exact) mass is 342 g/mol. The summed E-state index contributed by atoms with van der Waals surface area (Å²) in [6.07, 6.45) is 17.2.